The van der Waals surface area contributed by atoms with Crippen molar-refractivity contribution in [3.05, 3.63) is 0 Å². The van der Waals surface area contributed by atoms with Gasteiger partial charge in [0.15, 0.2) is 0 Å². The van der Waals surface area contributed by atoms with E-state index in [4.69, 9.17) is 7.85 Å². The second-order valence-corrected chi connectivity index (χ2v) is 9.87. The first-order chi connectivity index (χ1) is 10.7. The molecule has 3 atom stereocenters. The Balaban J connectivity index is 1.25. The van der Waals surface area contributed by atoms with E-state index < -0.39 is 0 Å². The van der Waals surface area contributed by atoms with Crippen LogP contribution in [0.15, 0.2) is 0 Å². The van der Waals surface area contributed by atoms with Crippen LogP contribution in [0.4, 0.5) is 0 Å². The molecule has 0 aromatic rings. The zero-order valence-corrected chi connectivity index (χ0v) is 14.5. The van der Waals surface area contributed by atoms with Crippen LogP contribution in [0.3, 0.4) is 0 Å². The van der Waals surface area contributed by atoms with Gasteiger partial charge in [-0.3, -0.25) is 0 Å². The van der Waals surface area contributed by atoms with E-state index in [1.807, 2.05) is 0 Å². The summed E-state index contributed by atoms with van der Waals surface area (Å²) in [5.74, 6) is 3.59. The fourth-order valence-corrected chi connectivity index (χ4v) is 8.23. The van der Waals surface area contributed by atoms with E-state index in [0.29, 0.717) is 11.0 Å². The third kappa shape index (κ3) is 1.70. The van der Waals surface area contributed by atoms with E-state index in [0.717, 1.165) is 36.2 Å². The molecule has 2 aliphatic heterocycles. The summed E-state index contributed by atoms with van der Waals surface area (Å²) < 4.78 is 0. The highest BCUT2D eigenvalue weighted by atomic mass is 14.6. The highest BCUT2D eigenvalue weighted by Gasteiger charge is 2.94. The Hall–Kier alpha value is 0.195. The second kappa shape index (κ2) is 4.86. The lowest BCUT2D eigenvalue weighted by Crippen LogP contribution is -2.38. The highest BCUT2D eigenvalue weighted by Crippen LogP contribution is 2.92. The summed E-state index contributed by atoms with van der Waals surface area (Å²) in [5.41, 5.74) is 0. The quantitative estimate of drug-likeness (QED) is 0.583. The molecule has 0 nitrogen and oxygen atoms in total. The second-order valence-electron chi connectivity index (χ2n) is 9.87. The van der Waals surface area contributed by atoms with Crippen molar-refractivity contribution in [2.45, 2.75) is 100 Å². The van der Waals surface area contributed by atoms with Gasteiger partial charge in [0.2, 0.25) is 0 Å². The standard InChI is InChI=1S/C19H31B3/c1-14-7-5-6-11-18(14)21-19(22(18)21)12-10-16(13-17(19)20)15-8-3-2-4-9-15/h14-17H,2-13H2,1H3. The van der Waals surface area contributed by atoms with E-state index in [2.05, 4.69) is 6.92 Å². The Morgan fingerprint density at radius 3 is 2.18 bits per heavy atom. The maximum absolute atomic E-state index is 6.83. The molecule has 3 aliphatic carbocycles. The Bertz CT molecular complexity index is 446. The largest absolute Gasteiger partial charge is 0.105 e. The summed E-state index contributed by atoms with van der Waals surface area (Å²) in [5, 5.41) is 1.45. The predicted molar refractivity (Wildman–Crippen MR) is 97.9 cm³/mol. The minimum Gasteiger partial charge on any atom is -0.0880 e. The molecule has 3 saturated carbocycles. The molecule has 0 aromatic heterocycles. The number of rotatable bonds is 1. The van der Waals surface area contributed by atoms with Crippen molar-refractivity contribution in [3.63, 3.8) is 0 Å². The number of hydrogen-bond acceptors (Lipinski definition) is 0. The number of hydrogen-bond donors (Lipinski definition) is 0. The molecule has 2 saturated heterocycles. The maximum Gasteiger partial charge on any atom is 0.105 e. The third-order valence-corrected chi connectivity index (χ3v) is 9.36. The Morgan fingerprint density at radius 2 is 1.50 bits per heavy atom. The van der Waals surface area contributed by atoms with Gasteiger partial charge in [-0.1, -0.05) is 106 Å². The van der Waals surface area contributed by atoms with Gasteiger partial charge >= 0.3 is 0 Å². The molecule has 2 spiro atoms. The van der Waals surface area contributed by atoms with Crippen molar-refractivity contribution in [1.29, 1.82) is 0 Å². The Labute approximate surface area is 139 Å². The van der Waals surface area contributed by atoms with Gasteiger partial charge in [-0.25, -0.2) is 0 Å². The van der Waals surface area contributed by atoms with Gasteiger partial charge in [0.25, 0.3) is 0 Å². The highest BCUT2D eigenvalue weighted by molar-refractivity contribution is 7.64. The van der Waals surface area contributed by atoms with Crippen molar-refractivity contribution >= 4 is 21.1 Å². The molecule has 2 radical (unpaired) electrons. The van der Waals surface area contributed by atoms with Crippen LogP contribution in [0, 0.1) is 17.8 Å². The van der Waals surface area contributed by atoms with Crippen molar-refractivity contribution < 1.29 is 0 Å². The summed E-state index contributed by atoms with van der Waals surface area (Å²) in [6, 6.07) is 0. The third-order valence-electron chi connectivity index (χ3n) is 9.36. The van der Waals surface area contributed by atoms with E-state index in [-0.39, 0.29) is 0 Å². The first-order valence-electron chi connectivity index (χ1n) is 10.5. The van der Waals surface area contributed by atoms with Crippen LogP contribution in [-0.4, -0.2) is 21.1 Å². The van der Waals surface area contributed by atoms with Gasteiger partial charge < -0.3 is 0 Å². The first-order valence-corrected chi connectivity index (χ1v) is 10.5. The molecule has 0 amide bonds. The Kier molecular flexibility index (Phi) is 3.21. The van der Waals surface area contributed by atoms with Gasteiger partial charge in [-0.15, -0.1) is 0 Å². The fraction of sp³-hybridized carbons (Fsp3) is 1.00. The van der Waals surface area contributed by atoms with Gasteiger partial charge in [-0.05, 0) is 11.8 Å². The topological polar surface area (TPSA) is 0 Å². The normalized spacial score (nSPS) is 42.5. The molecule has 5 rings (SSSR count). The minimum absolute atomic E-state index is 0.558. The summed E-state index contributed by atoms with van der Waals surface area (Å²) in [6.07, 6.45) is 17.9. The Morgan fingerprint density at radius 1 is 0.773 bits per heavy atom. The van der Waals surface area contributed by atoms with E-state index in [1.165, 1.54) is 70.6 Å². The molecule has 116 valence electrons. The van der Waals surface area contributed by atoms with Crippen LogP contribution in [-0.2, 0) is 0 Å². The monoisotopic (exact) mass is 292 g/mol. The van der Waals surface area contributed by atoms with Gasteiger partial charge in [0.1, 0.15) is 13.2 Å². The summed E-state index contributed by atoms with van der Waals surface area (Å²) >= 11 is 0. The molecular weight excluding hydrogens is 261 g/mol. The van der Waals surface area contributed by atoms with Crippen molar-refractivity contribution in [3.8, 4) is 0 Å². The van der Waals surface area contributed by atoms with E-state index >= 15 is 0 Å². The van der Waals surface area contributed by atoms with Crippen LogP contribution in [0.25, 0.3) is 0 Å². The van der Waals surface area contributed by atoms with Crippen LogP contribution in [0.2, 0.25) is 16.2 Å². The molecule has 22 heavy (non-hydrogen) atoms. The average Bonchev–Trinajstić information content (AvgIpc) is 3.42. The van der Waals surface area contributed by atoms with Crippen LogP contribution in [0.1, 0.15) is 84.0 Å². The molecule has 0 bridgehead atoms. The van der Waals surface area contributed by atoms with Crippen LogP contribution >= 0.6 is 0 Å². The lowest BCUT2D eigenvalue weighted by Gasteiger charge is -2.50. The number of fused-ring (bicyclic) bond motifs is 5. The molecule has 5 fully saturated rings. The lowest BCUT2D eigenvalue weighted by molar-refractivity contribution is 0.187. The zero-order chi connectivity index (χ0) is 14.9. The van der Waals surface area contributed by atoms with Crippen molar-refractivity contribution in [2.24, 2.45) is 17.8 Å². The zero-order valence-electron chi connectivity index (χ0n) is 14.5. The van der Waals surface area contributed by atoms with Crippen molar-refractivity contribution in [1.82, 2.24) is 0 Å². The minimum atomic E-state index is 0.558. The van der Waals surface area contributed by atoms with Crippen molar-refractivity contribution in [2.75, 3.05) is 0 Å². The summed E-state index contributed by atoms with van der Waals surface area (Å²) in [6.45, 7) is 4.69. The van der Waals surface area contributed by atoms with Crippen LogP contribution in [0.5, 0.6) is 0 Å². The average molecular weight is 292 g/mol. The predicted octanol–water partition coefficient (Wildman–Crippen LogP) is 5.19. The smallest absolute Gasteiger partial charge is 0.0880 e. The first kappa shape index (κ1) is 14.5. The maximum atomic E-state index is 6.83. The molecule has 3 heteroatoms. The lowest BCUT2D eigenvalue weighted by atomic mass is 9.32. The van der Waals surface area contributed by atoms with E-state index in [1.54, 1.807) is 6.42 Å². The molecular formula is C19H31B3. The molecule has 3 unspecified atom stereocenters. The van der Waals surface area contributed by atoms with Gasteiger partial charge in [-0.2, -0.15) is 0 Å². The SMILES string of the molecule is [B]C1CC(C2CCCCC2)CCC12B1B2C12CCCCC2C. The molecule has 5 aliphatic rings. The summed E-state index contributed by atoms with van der Waals surface area (Å²) in [7, 11) is 6.83. The van der Waals surface area contributed by atoms with Crippen LogP contribution < -0.4 is 0 Å². The fourth-order valence-electron chi connectivity index (χ4n) is 8.23. The van der Waals surface area contributed by atoms with Gasteiger partial charge in [0.05, 0.1) is 7.85 Å². The summed E-state index contributed by atoms with van der Waals surface area (Å²) in [4.78, 5) is 0. The van der Waals surface area contributed by atoms with E-state index in [9.17, 15) is 0 Å². The molecule has 2 heterocycles. The molecule has 0 aromatic carbocycles. The molecule has 0 N–H and O–H groups in total. The van der Waals surface area contributed by atoms with Gasteiger partial charge in [0, 0.05) is 0 Å².